The molecule has 0 bridgehead atoms. The molecule has 1 saturated carbocycles. The fourth-order valence-corrected chi connectivity index (χ4v) is 4.59. The molecule has 3 N–H and O–H groups in total. The largest absolute Gasteiger partial charge is 0.381 e. The Balaban J connectivity index is 1.56. The first-order chi connectivity index (χ1) is 14.0. The van der Waals surface area contributed by atoms with Gasteiger partial charge in [-0.25, -0.2) is 18.7 Å². The van der Waals surface area contributed by atoms with Crippen LogP contribution in [0.2, 0.25) is 0 Å². The molecular weight excluding hydrogens is 394 g/mol. The van der Waals surface area contributed by atoms with Gasteiger partial charge in [-0.05, 0) is 67.5 Å². The molecule has 5 nitrogen and oxygen atoms in total. The molecule has 4 rings (SSSR count). The predicted octanol–water partition coefficient (Wildman–Crippen LogP) is 5.17. The number of halogens is 2. The Kier molecular flexibility index (Phi) is 5.82. The van der Waals surface area contributed by atoms with E-state index in [-0.39, 0.29) is 17.2 Å². The molecule has 0 radical (unpaired) electrons. The molecule has 0 saturated heterocycles. The van der Waals surface area contributed by atoms with Crippen LogP contribution in [0.4, 0.5) is 20.4 Å². The molecule has 3 aromatic rings. The summed E-state index contributed by atoms with van der Waals surface area (Å²) in [4.78, 5) is 8.07. The van der Waals surface area contributed by atoms with Gasteiger partial charge >= 0.3 is 0 Å². The number of anilines is 2. The van der Waals surface area contributed by atoms with E-state index in [4.69, 9.17) is 10.5 Å². The molecule has 1 fully saturated rings. The summed E-state index contributed by atoms with van der Waals surface area (Å²) in [5.41, 5.74) is 6.84. The van der Waals surface area contributed by atoms with Crippen molar-refractivity contribution in [2.45, 2.75) is 37.0 Å². The zero-order valence-electron chi connectivity index (χ0n) is 16.0. The van der Waals surface area contributed by atoms with E-state index in [1.54, 1.807) is 31.5 Å². The van der Waals surface area contributed by atoms with Crippen molar-refractivity contribution in [1.82, 2.24) is 9.97 Å². The number of nitrogens with one attached hydrogen (secondary N) is 1. The minimum absolute atomic E-state index is 0.0718. The maximum atomic E-state index is 15.2. The molecule has 0 unspecified atom stereocenters. The minimum Gasteiger partial charge on any atom is -0.381 e. The normalized spacial score (nSPS) is 19.4. The predicted molar refractivity (Wildman–Crippen MR) is 114 cm³/mol. The smallest absolute Gasteiger partial charge is 0.220 e. The molecule has 29 heavy (non-hydrogen) atoms. The van der Waals surface area contributed by atoms with Crippen molar-refractivity contribution in [3.63, 3.8) is 0 Å². The third-order valence-electron chi connectivity index (χ3n) is 5.27. The van der Waals surface area contributed by atoms with Crippen LogP contribution in [0.15, 0.2) is 36.5 Å². The zero-order chi connectivity index (χ0) is 20.4. The van der Waals surface area contributed by atoms with Gasteiger partial charge in [0.2, 0.25) is 5.95 Å². The first kappa shape index (κ1) is 19.8. The number of nitrogens with two attached hydrogens (primary N) is 1. The third kappa shape index (κ3) is 4.28. The van der Waals surface area contributed by atoms with E-state index < -0.39 is 11.6 Å². The van der Waals surface area contributed by atoms with E-state index in [9.17, 15) is 4.39 Å². The molecule has 1 aliphatic carbocycles. The Bertz CT molecular complexity index is 1020. The van der Waals surface area contributed by atoms with Crippen molar-refractivity contribution in [3.8, 4) is 11.1 Å². The quantitative estimate of drug-likeness (QED) is 0.559. The van der Waals surface area contributed by atoms with Gasteiger partial charge in [-0.15, -0.1) is 0 Å². The van der Waals surface area contributed by atoms with Gasteiger partial charge in [0.15, 0.2) is 5.82 Å². The second-order valence-corrected chi connectivity index (χ2v) is 8.25. The second-order valence-electron chi connectivity index (χ2n) is 7.14. The Labute approximate surface area is 172 Å². The number of nitrogens with zero attached hydrogens (tertiary/aromatic N) is 2. The molecule has 1 heterocycles. The van der Waals surface area contributed by atoms with Gasteiger partial charge in [0.1, 0.15) is 5.82 Å². The SMILES string of the molecule is COC1CCC(SNc2ccc(F)c(-c3ccc4nc(N)ncc4c3)c2F)CC1. The first-order valence-corrected chi connectivity index (χ1v) is 10.4. The molecule has 0 atom stereocenters. The van der Waals surface area contributed by atoms with Crippen LogP contribution in [-0.2, 0) is 4.74 Å². The van der Waals surface area contributed by atoms with Crippen molar-refractivity contribution < 1.29 is 13.5 Å². The molecule has 8 heteroatoms. The summed E-state index contributed by atoms with van der Waals surface area (Å²) in [5.74, 6) is -1.07. The number of benzene rings is 2. The Morgan fingerprint density at radius 3 is 2.69 bits per heavy atom. The number of hydrogen-bond donors (Lipinski definition) is 2. The second kappa shape index (κ2) is 8.51. The number of methoxy groups -OCH3 is 1. The van der Waals surface area contributed by atoms with E-state index in [0.717, 1.165) is 25.7 Å². The summed E-state index contributed by atoms with van der Waals surface area (Å²) in [5, 5.41) is 1.04. The van der Waals surface area contributed by atoms with Gasteiger partial charge in [0.05, 0.1) is 22.9 Å². The van der Waals surface area contributed by atoms with Crippen molar-refractivity contribution in [2.75, 3.05) is 17.6 Å². The van der Waals surface area contributed by atoms with Gasteiger partial charge in [0.25, 0.3) is 0 Å². The molecule has 0 spiro atoms. The topological polar surface area (TPSA) is 73.1 Å². The lowest BCUT2D eigenvalue weighted by molar-refractivity contribution is 0.0724. The van der Waals surface area contributed by atoms with E-state index >= 15 is 4.39 Å². The van der Waals surface area contributed by atoms with Gasteiger partial charge in [-0.3, -0.25) is 0 Å². The van der Waals surface area contributed by atoms with Crippen LogP contribution >= 0.6 is 11.9 Å². The number of hydrogen-bond acceptors (Lipinski definition) is 6. The summed E-state index contributed by atoms with van der Waals surface area (Å²) in [6.07, 6.45) is 5.85. The van der Waals surface area contributed by atoms with Crippen LogP contribution < -0.4 is 10.5 Å². The van der Waals surface area contributed by atoms with Crippen LogP contribution in [0.25, 0.3) is 22.0 Å². The summed E-state index contributed by atoms with van der Waals surface area (Å²) >= 11 is 1.49. The van der Waals surface area contributed by atoms with Crippen molar-refractivity contribution in [3.05, 3.63) is 48.2 Å². The Hall–Kier alpha value is -2.45. The van der Waals surface area contributed by atoms with E-state index in [1.165, 1.54) is 24.1 Å². The molecule has 0 aliphatic heterocycles. The molecular formula is C21H22F2N4OS. The first-order valence-electron chi connectivity index (χ1n) is 9.50. The van der Waals surface area contributed by atoms with E-state index in [2.05, 4.69) is 14.7 Å². The number of aromatic nitrogens is 2. The van der Waals surface area contributed by atoms with Crippen LogP contribution in [0.1, 0.15) is 25.7 Å². The Morgan fingerprint density at radius 2 is 1.93 bits per heavy atom. The third-order valence-corrected chi connectivity index (χ3v) is 6.41. The lowest BCUT2D eigenvalue weighted by Crippen LogP contribution is -2.22. The van der Waals surface area contributed by atoms with Crippen molar-refractivity contribution >= 4 is 34.5 Å². The summed E-state index contributed by atoms with van der Waals surface area (Å²) in [6.45, 7) is 0. The molecule has 152 valence electrons. The monoisotopic (exact) mass is 416 g/mol. The van der Waals surface area contributed by atoms with Crippen molar-refractivity contribution in [1.29, 1.82) is 0 Å². The average Bonchev–Trinajstić information content (AvgIpc) is 2.73. The van der Waals surface area contributed by atoms with Crippen LogP contribution in [-0.4, -0.2) is 28.4 Å². The fourth-order valence-electron chi connectivity index (χ4n) is 3.63. The highest BCUT2D eigenvalue weighted by atomic mass is 32.2. The fraction of sp³-hybridized carbons (Fsp3) is 0.333. The molecule has 1 aromatic heterocycles. The standard InChI is InChI=1S/C21H22F2N4OS/c1-28-14-3-5-15(6-4-14)29-27-18-9-7-16(22)19(20(18)23)12-2-8-17-13(10-12)11-25-21(24)26-17/h2,7-11,14-15,27H,3-6H2,1H3,(H2,24,25,26). The number of nitrogen functional groups attached to an aromatic ring is 1. The highest BCUT2D eigenvalue weighted by Crippen LogP contribution is 2.35. The zero-order valence-corrected chi connectivity index (χ0v) is 16.8. The average molecular weight is 416 g/mol. The summed E-state index contributed by atoms with van der Waals surface area (Å²) < 4.78 is 38.2. The highest BCUT2D eigenvalue weighted by Gasteiger charge is 2.22. The number of fused-ring (bicyclic) bond motifs is 1. The van der Waals surface area contributed by atoms with Gasteiger partial charge in [-0.2, -0.15) is 0 Å². The maximum Gasteiger partial charge on any atom is 0.220 e. The highest BCUT2D eigenvalue weighted by molar-refractivity contribution is 8.01. The van der Waals surface area contributed by atoms with Gasteiger partial charge < -0.3 is 15.2 Å². The van der Waals surface area contributed by atoms with Gasteiger partial charge in [0, 0.05) is 23.9 Å². The lowest BCUT2D eigenvalue weighted by atomic mass is 9.97. The number of ether oxygens (including phenoxy) is 1. The van der Waals surface area contributed by atoms with Crippen LogP contribution in [0.5, 0.6) is 0 Å². The molecule has 1 aliphatic rings. The minimum atomic E-state index is -0.616. The summed E-state index contributed by atoms with van der Waals surface area (Å²) in [7, 11) is 1.74. The van der Waals surface area contributed by atoms with E-state index in [1.807, 2.05) is 0 Å². The Morgan fingerprint density at radius 1 is 1.14 bits per heavy atom. The lowest BCUT2D eigenvalue weighted by Gasteiger charge is -2.27. The molecule has 2 aromatic carbocycles. The van der Waals surface area contributed by atoms with Crippen LogP contribution in [0, 0.1) is 11.6 Å². The maximum absolute atomic E-state index is 15.2. The van der Waals surface area contributed by atoms with Crippen molar-refractivity contribution in [2.24, 2.45) is 0 Å². The summed E-state index contributed by atoms with van der Waals surface area (Å²) in [6, 6.07) is 7.71. The van der Waals surface area contributed by atoms with Crippen LogP contribution in [0.3, 0.4) is 0 Å². The molecule has 0 amide bonds. The van der Waals surface area contributed by atoms with E-state index in [0.29, 0.717) is 27.8 Å². The van der Waals surface area contributed by atoms with Gasteiger partial charge in [-0.1, -0.05) is 6.07 Å². The number of rotatable bonds is 5.